The van der Waals surface area contributed by atoms with Crippen LogP contribution >= 0.6 is 0 Å². The van der Waals surface area contributed by atoms with Crippen molar-refractivity contribution in [3.05, 3.63) is 71.3 Å². The molecule has 0 aromatic heterocycles. The van der Waals surface area contributed by atoms with Gasteiger partial charge in [0.25, 0.3) is 0 Å². The third-order valence-electron chi connectivity index (χ3n) is 6.80. The van der Waals surface area contributed by atoms with E-state index in [1.54, 1.807) is 6.92 Å². The van der Waals surface area contributed by atoms with Crippen molar-refractivity contribution in [2.75, 3.05) is 13.1 Å². The Hall–Kier alpha value is -2.66. The molecule has 2 aromatic carbocycles. The number of amides is 2. The summed E-state index contributed by atoms with van der Waals surface area (Å²) in [4.78, 5) is 28.1. The lowest BCUT2D eigenvalue weighted by atomic mass is 9.62. The van der Waals surface area contributed by atoms with Gasteiger partial charge >= 0.3 is 0 Å². The monoisotopic (exact) mass is 419 g/mol. The molecular formula is C26H33N3O2. The molecule has 0 unspecified atom stereocenters. The molecule has 1 heterocycles. The van der Waals surface area contributed by atoms with Crippen molar-refractivity contribution in [1.82, 2.24) is 15.5 Å². The number of nitrogens with zero attached hydrogens (tertiary/aromatic N) is 1. The van der Waals surface area contributed by atoms with Gasteiger partial charge in [-0.1, -0.05) is 54.6 Å². The van der Waals surface area contributed by atoms with Crippen LogP contribution in [0.5, 0.6) is 0 Å². The van der Waals surface area contributed by atoms with E-state index in [1.165, 1.54) is 11.1 Å². The molecule has 2 aromatic rings. The molecule has 0 bridgehead atoms. The second kappa shape index (κ2) is 8.83. The molecule has 31 heavy (non-hydrogen) atoms. The standard InChI is InChI=1S/C26H33N3O2/c1-18(2)27-25(31)23-16-29(15-20-9-5-4-6-10-20)17-26(23)14-13-21-11-7-8-12-22(21)24(26)28-19(3)30/h4-12,18,23-24H,13-17H2,1-3H3,(H,27,31)(H,28,30)/t23-,24+,26+/m0/s1. The van der Waals surface area contributed by atoms with Crippen LogP contribution in [0.1, 0.15) is 49.9 Å². The number of carbonyl (C=O) groups excluding carboxylic acids is 2. The number of fused-ring (bicyclic) bond motifs is 1. The van der Waals surface area contributed by atoms with E-state index < -0.39 is 0 Å². The summed E-state index contributed by atoms with van der Waals surface area (Å²) < 4.78 is 0. The Morgan fingerprint density at radius 2 is 1.81 bits per heavy atom. The average molecular weight is 420 g/mol. The van der Waals surface area contributed by atoms with Gasteiger partial charge in [0.2, 0.25) is 11.8 Å². The zero-order valence-electron chi connectivity index (χ0n) is 18.7. The van der Waals surface area contributed by atoms with E-state index in [9.17, 15) is 9.59 Å². The lowest BCUT2D eigenvalue weighted by molar-refractivity contribution is -0.131. The van der Waals surface area contributed by atoms with Crippen LogP contribution in [-0.4, -0.2) is 35.8 Å². The molecule has 1 saturated heterocycles. The summed E-state index contributed by atoms with van der Waals surface area (Å²) in [5.74, 6) is -0.130. The van der Waals surface area contributed by atoms with E-state index in [4.69, 9.17) is 0 Å². The van der Waals surface area contributed by atoms with Crippen LogP contribution in [0.3, 0.4) is 0 Å². The van der Waals surface area contributed by atoms with Crippen LogP contribution in [0.25, 0.3) is 0 Å². The lowest BCUT2D eigenvalue weighted by Gasteiger charge is -2.46. The highest BCUT2D eigenvalue weighted by Gasteiger charge is 2.56. The van der Waals surface area contributed by atoms with E-state index in [0.29, 0.717) is 6.54 Å². The number of nitrogens with one attached hydrogen (secondary N) is 2. The SMILES string of the molecule is CC(=O)N[C@@H]1c2ccccc2CC[C@]12CN(Cc1ccccc1)C[C@H]2C(=O)NC(C)C. The molecule has 2 amide bonds. The minimum Gasteiger partial charge on any atom is -0.354 e. The molecule has 5 heteroatoms. The first kappa shape index (κ1) is 21.6. The zero-order valence-corrected chi connectivity index (χ0v) is 18.7. The highest BCUT2D eigenvalue weighted by Crippen LogP contribution is 2.53. The second-order valence-corrected chi connectivity index (χ2v) is 9.44. The van der Waals surface area contributed by atoms with E-state index in [0.717, 1.165) is 31.5 Å². The van der Waals surface area contributed by atoms with E-state index in [-0.39, 0.29) is 35.2 Å². The van der Waals surface area contributed by atoms with Gasteiger partial charge in [0.05, 0.1) is 12.0 Å². The summed E-state index contributed by atoms with van der Waals surface area (Å²) in [6.07, 6.45) is 1.81. The third-order valence-corrected chi connectivity index (χ3v) is 6.80. The van der Waals surface area contributed by atoms with Crippen LogP contribution in [0.4, 0.5) is 0 Å². The number of aryl methyl sites for hydroxylation is 1. The minimum absolute atomic E-state index is 0.0504. The van der Waals surface area contributed by atoms with Gasteiger partial charge < -0.3 is 10.6 Å². The maximum atomic E-state index is 13.4. The van der Waals surface area contributed by atoms with E-state index in [1.807, 2.05) is 26.0 Å². The number of likely N-dealkylation sites (tertiary alicyclic amines) is 1. The third kappa shape index (κ3) is 4.38. The van der Waals surface area contributed by atoms with Gasteiger partial charge in [0.1, 0.15) is 0 Å². The number of hydrogen-bond acceptors (Lipinski definition) is 3. The van der Waals surface area contributed by atoms with Crippen molar-refractivity contribution < 1.29 is 9.59 Å². The van der Waals surface area contributed by atoms with Crippen molar-refractivity contribution in [2.24, 2.45) is 11.3 Å². The predicted octanol–water partition coefficient (Wildman–Crippen LogP) is 3.45. The lowest BCUT2D eigenvalue weighted by Crippen LogP contribution is -2.52. The summed E-state index contributed by atoms with van der Waals surface area (Å²) in [5.41, 5.74) is 3.35. The van der Waals surface area contributed by atoms with Crippen molar-refractivity contribution >= 4 is 11.8 Å². The first-order chi connectivity index (χ1) is 14.9. The topological polar surface area (TPSA) is 61.4 Å². The summed E-state index contributed by atoms with van der Waals surface area (Å²) in [5, 5.41) is 6.41. The van der Waals surface area contributed by atoms with Gasteiger partial charge in [0.15, 0.2) is 0 Å². The van der Waals surface area contributed by atoms with Gasteiger partial charge in [-0.15, -0.1) is 0 Å². The Kier molecular flexibility index (Phi) is 6.15. The minimum atomic E-state index is -0.326. The molecule has 164 valence electrons. The normalized spacial score (nSPS) is 25.4. The molecule has 4 rings (SSSR count). The average Bonchev–Trinajstić information content (AvgIpc) is 3.09. The quantitative estimate of drug-likeness (QED) is 0.780. The molecule has 2 N–H and O–H groups in total. The van der Waals surface area contributed by atoms with Gasteiger partial charge in [-0.2, -0.15) is 0 Å². The number of hydrogen-bond donors (Lipinski definition) is 2. The smallest absolute Gasteiger partial charge is 0.225 e. The highest BCUT2D eigenvalue weighted by atomic mass is 16.2. The van der Waals surface area contributed by atoms with Crippen molar-refractivity contribution in [3.8, 4) is 0 Å². The summed E-state index contributed by atoms with van der Waals surface area (Å²) in [6, 6.07) is 18.7. The van der Waals surface area contributed by atoms with Crippen LogP contribution in [0, 0.1) is 11.3 Å². The number of benzene rings is 2. The van der Waals surface area contributed by atoms with Crippen LogP contribution in [0.15, 0.2) is 54.6 Å². The molecule has 0 radical (unpaired) electrons. The second-order valence-electron chi connectivity index (χ2n) is 9.44. The number of carbonyl (C=O) groups is 2. The molecule has 2 aliphatic rings. The fraction of sp³-hybridized carbons (Fsp3) is 0.462. The Morgan fingerprint density at radius 1 is 1.10 bits per heavy atom. The summed E-state index contributed by atoms with van der Waals surface area (Å²) in [7, 11) is 0. The van der Waals surface area contributed by atoms with Crippen molar-refractivity contribution in [1.29, 1.82) is 0 Å². The highest BCUT2D eigenvalue weighted by molar-refractivity contribution is 5.81. The Bertz CT molecular complexity index is 943. The molecule has 1 spiro atoms. The maximum absolute atomic E-state index is 13.4. The Morgan fingerprint density at radius 3 is 2.52 bits per heavy atom. The predicted molar refractivity (Wildman–Crippen MR) is 122 cm³/mol. The Balaban J connectivity index is 1.73. The molecule has 3 atom stereocenters. The van der Waals surface area contributed by atoms with Crippen molar-refractivity contribution in [3.63, 3.8) is 0 Å². The van der Waals surface area contributed by atoms with Crippen LogP contribution in [0.2, 0.25) is 0 Å². The first-order valence-electron chi connectivity index (χ1n) is 11.3. The summed E-state index contributed by atoms with van der Waals surface area (Å²) in [6.45, 7) is 7.88. The first-order valence-corrected chi connectivity index (χ1v) is 11.3. The fourth-order valence-electron chi connectivity index (χ4n) is 5.56. The summed E-state index contributed by atoms with van der Waals surface area (Å²) >= 11 is 0. The van der Waals surface area contributed by atoms with Gasteiger partial charge in [-0.3, -0.25) is 14.5 Å². The number of rotatable bonds is 5. The van der Waals surface area contributed by atoms with Gasteiger partial charge in [-0.25, -0.2) is 0 Å². The molecule has 1 aliphatic carbocycles. The van der Waals surface area contributed by atoms with E-state index in [2.05, 4.69) is 58.0 Å². The fourth-order valence-corrected chi connectivity index (χ4v) is 5.56. The van der Waals surface area contributed by atoms with Crippen LogP contribution in [-0.2, 0) is 22.6 Å². The Labute approximate surface area is 185 Å². The molecular weight excluding hydrogens is 386 g/mol. The van der Waals surface area contributed by atoms with Gasteiger partial charge in [-0.05, 0) is 43.4 Å². The van der Waals surface area contributed by atoms with Gasteiger partial charge in [0, 0.05) is 38.0 Å². The molecule has 1 fully saturated rings. The molecule has 5 nitrogen and oxygen atoms in total. The van der Waals surface area contributed by atoms with E-state index >= 15 is 0 Å². The van der Waals surface area contributed by atoms with Crippen LogP contribution < -0.4 is 10.6 Å². The largest absolute Gasteiger partial charge is 0.354 e. The zero-order chi connectivity index (χ0) is 22.0. The molecule has 0 saturated carbocycles. The van der Waals surface area contributed by atoms with Crippen molar-refractivity contribution in [2.45, 2.75) is 52.2 Å². The molecule has 1 aliphatic heterocycles. The maximum Gasteiger partial charge on any atom is 0.225 e.